The third-order valence-corrected chi connectivity index (χ3v) is 4.54. The zero-order valence-corrected chi connectivity index (χ0v) is 16.7. The van der Waals surface area contributed by atoms with Gasteiger partial charge in [0, 0.05) is 6.04 Å². The van der Waals surface area contributed by atoms with Crippen molar-refractivity contribution in [2.75, 3.05) is 6.61 Å². The van der Waals surface area contributed by atoms with Crippen LogP contribution < -0.4 is 16.6 Å². The minimum atomic E-state index is -0.932. The molecule has 0 aliphatic carbocycles. The van der Waals surface area contributed by atoms with Gasteiger partial charge < -0.3 is 10.1 Å². The summed E-state index contributed by atoms with van der Waals surface area (Å²) in [5.41, 5.74) is 4.98. The van der Waals surface area contributed by atoms with Crippen LogP contribution in [0.1, 0.15) is 25.8 Å². The summed E-state index contributed by atoms with van der Waals surface area (Å²) in [4.78, 5) is 35.4. The predicted molar refractivity (Wildman–Crippen MR) is 110 cm³/mol. The molecule has 7 nitrogen and oxygen atoms in total. The Morgan fingerprint density at radius 1 is 0.966 bits per heavy atom. The lowest BCUT2D eigenvalue weighted by atomic mass is 9.95. The van der Waals surface area contributed by atoms with Crippen molar-refractivity contribution in [3.63, 3.8) is 0 Å². The summed E-state index contributed by atoms with van der Waals surface area (Å²) in [6, 6.07) is 17.5. The molecule has 7 heteroatoms. The van der Waals surface area contributed by atoms with Crippen molar-refractivity contribution in [2.24, 2.45) is 11.8 Å². The van der Waals surface area contributed by atoms with Crippen LogP contribution in [-0.4, -0.2) is 30.4 Å². The minimum absolute atomic E-state index is 0.288. The second-order valence-corrected chi connectivity index (χ2v) is 6.80. The number of nitrogens with two attached hydrogens (primary N) is 1. The highest BCUT2D eigenvalue weighted by Gasteiger charge is 2.24. The molecular weight excluding hydrogens is 370 g/mol. The molecule has 0 heterocycles. The number of hydrogen-bond donors (Lipinski definition) is 3. The van der Waals surface area contributed by atoms with Crippen LogP contribution >= 0.6 is 0 Å². The molecule has 1 unspecified atom stereocenters. The number of rotatable bonds is 8. The molecule has 2 amide bonds. The van der Waals surface area contributed by atoms with E-state index in [0.29, 0.717) is 12.8 Å². The zero-order valence-electron chi connectivity index (χ0n) is 16.7. The molecule has 2 atom stereocenters. The Labute approximate surface area is 170 Å². The van der Waals surface area contributed by atoms with Crippen molar-refractivity contribution in [1.82, 2.24) is 10.7 Å². The van der Waals surface area contributed by atoms with Gasteiger partial charge in [-0.3, -0.25) is 19.8 Å². The zero-order chi connectivity index (χ0) is 21.2. The van der Waals surface area contributed by atoms with Crippen molar-refractivity contribution in [1.29, 1.82) is 0 Å². The lowest BCUT2D eigenvalue weighted by molar-refractivity contribution is -0.148. The lowest BCUT2D eigenvalue weighted by Gasteiger charge is -2.21. The van der Waals surface area contributed by atoms with Gasteiger partial charge in [0.15, 0.2) is 0 Å². The van der Waals surface area contributed by atoms with Crippen LogP contribution in [0.3, 0.4) is 0 Å². The first kappa shape index (κ1) is 22.1. The smallest absolute Gasteiger partial charge is 0.323 e. The fourth-order valence-corrected chi connectivity index (χ4v) is 3.07. The second kappa shape index (κ2) is 11.0. The molecule has 0 aliphatic heterocycles. The standard InChI is InChI=1S/C22H27N3O4/c1-3-29-22(28)15(2)13-19(24-20(26)21(27)25-23)14-16-9-11-18(12-10-16)17-7-5-4-6-8-17/h4-12,15,19H,3,13-14,23H2,1-2H3,(H,24,26)(H,25,27)/t15-,19?/m1/s1. The molecule has 0 fully saturated rings. The first-order chi connectivity index (χ1) is 13.9. The van der Waals surface area contributed by atoms with Crippen LogP contribution in [0, 0.1) is 5.92 Å². The van der Waals surface area contributed by atoms with E-state index in [9.17, 15) is 14.4 Å². The van der Waals surface area contributed by atoms with Gasteiger partial charge in [0.05, 0.1) is 12.5 Å². The largest absolute Gasteiger partial charge is 0.466 e. The summed E-state index contributed by atoms with van der Waals surface area (Å²) in [6.07, 6.45) is 0.797. The van der Waals surface area contributed by atoms with Crippen molar-refractivity contribution in [3.8, 4) is 11.1 Å². The van der Waals surface area contributed by atoms with Gasteiger partial charge in [-0.05, 0) is 36.5 Å². The number of amides is 2. The van der Waals surface area contributed by atoms with Gasteiger partial charge in [-0.2, -0.15) is 0 Å². The van der Waals surface area contributed by atoms with Crippen molar-refractivity contribution in [3.05, 3.63) is 60.2 Å². The van der Waals surface area contributed by atoms with Gasteiger partial charge in [-0.15, -0.1) is 0 Å². The molecule has 0 aromatic heterocycles. The molecule has 4 N–H and O–H groups in total. The number of hydrazine groups is 1. The summed E-state index contributed by atoms with van der Waals surface area (Å²) in [7, 11) is 0. The normalized spacial score (nSPS) is 12.5. The average Bonchev–Trinajstić information content (AvgIpc) is 2.74. The highest BCUT2D eigenvalue weighted by Crippen LogP contribution is 2.20. The van der Waals surface area contributed by atoms with E-state index in [-0.39, 0.29) is 12.6 Å². The van der Waals surface area contributed by atoms with E-state index in [4.69, 9.17) is 10.6 Å². The van der Waals surface area contributed by atoms with Crippen LogP contribution in [0.5, 0.6) is 0 Å². The molecular formula is C22H27N3O4. The molecule has 154 valence electrons. The van der Waals surface area contributed by atoms with E-state index in [1.165, 1.54) is 0 Å². The summed E-state index contributed by atoms with van der Waals surface area (Å²) in [5.74, 6) is 2.49. The molecule has 2 rings (SSSR count). The Hall–Kier alpha value is -3.19. The monoisotopic (exact) mass is 397 g/mol. The minimum Gasteiger partial charge on any atom is -0.466 e. The maximum atomic E-state index is 12.0. The number of carbonyl (C=O) groups excluding carboxylic acids is 3. The molecule has 0 radical (unpaired) electrons. The summed E-state index contributed by atoms with van der Waals surface area (Å²) in [6.45, 7) is 3.76. The molecule has 29 heavy (non-hydrogen) atoms. The summed E-state index contributed by atoms with van der Waals surface area (Å²) in [5, 5.41) is 2.65. The van der Waals surface area contributed by atoms with E-state index in [0.717, 1.165) is 16.7 Å². The number of hydrogen-bond acceptors (Lipinski definition) is 5. The Morgan fingerprint density at radius 2 is 1.59 bits per heavy atom. The molecule has 0 spiro atoms. The molecule has 0 aliphatic rings. The Bertz CT molecular complexity index is 822. The van der Waals surface area contributed by atoms with Crippen LogP contribution in [0.15, 0.2) is 54.6 Å². The van der Waals surface area contributed by atoms with Gasteiger partial charge in [0.1, 0.15) is 0 Å². The van der Waals surface area contributed by atoms with Gasteiger partial charge in [0.25, 0.3) is 0 Å². The lowest BCUT2D eigenvalue weighted by Crippen LogP contribution is -2.48. The van der Waals surface area contributed by atoms with Crippen LogP contribution in [0.2, 0.25) is 0 Å². The van der Waals surface area contributed by atoms with E-state index in [2.05, 4.69) is 5.32 Å². The van der Waals surface area contributed by atoms with Crippen LogP contribution in [0.4, 0.5) is 0 Å². The Kier molecular flexibility index (Phi) is 8.36. The van der Waals surface area contributed by atoms with E-state index in [1.807, 2.05) is 60.0 Å². The maximum absolute atomic E-state index is 12.0. The predicted octanol–water partition coefficient (Wildman–Crippen LogP) is 1.96. The van der Waals surface area contributed by atoms with Gasteiger partial charge >= 0.3 is 17.8 Å². The molecule has 0 saturated heterocycles. The first-order valence-corrected chi connectivity index (χ1v) is 9.57. The van der Waals surface area contributed by atoms with E-state index >= 15 is 0 Å². The molecule has 2 aromatic carbocycles. The fraction of sp³-hybridized carbons (Fsp3) is 0.318. The molecule has 0 saturated carbocycles. The third kappa shape index (κ3) is 6.73. The quantitative estimate of drug-likeness (QED) is 0.207. The SMILES string of the molecule is CCOC(=O)[C@H](C)CC(Cc1ccc(-c2ccccc2)cc1)NC(=O)C(=O)NN. The number of benzene rings is 2. The molecule has 2 aromatic rings. The fourth-order valence-electron chi connectivity index (χ4n) is 3.07. The van der Waals surface area contributed by atoms with Gasteiger partial charge in [0.2, 0.25) is 0 Å². The first-order valence-electron chi connectivity index (χ1n) is 9.57. The maximum Gasteiger partial charge on any atom is 0.323 e. The number of ether oxygens (including phenoxy) is 1. The second-order valence-electron chi connectivity index (χ2n) is 6.80. The number of esters is 1. The highest BCUT2D eigenvalue weighted by molar-refractivity contribution is 6.34. The Balaban J connectivity index is 2.12. The average molecular weight is 397 g/mol. The highest BCUT2D eigenvalue weighted by atomic mass is 16.5. The van der Waals surface area contributed by atoms with Crippen molar-refractivity contribution >= 4 is 17.8 Å². The van der Waals surface area contributed by atoms with Crippen molar-refractivity contribution in [2.45, 2.75) is 32.7 Å². The van der Waals surface area contributed by atoms with E-state index < -0.39 is 23.8 Å². The summed E-state index contributed by atoms with van der Waals surface area (Å²) >= 11 is 0. The number of nitrogens with one attached hydrogen (secondary N) is 2. The topological polar surface area (TPSA) is 111 Å². The van der Waals surface area contributed by atoms with Gasteiger partial charge in [-0.25, -0.2) is 5.84 Å². The Morgan fingerprint density at radius 3 is 2.17 bits per heavy atom. The summed E-state index contributed by atoms with van der Waals surface area (Å²) < 4.78 is 5.04. The van der Waals surface area contributed by atoms with Crippen LogP contribution in [0.25, 0.3) is 11.1 Å². The van der Waals surface area contributed by atoms with Gasteiger partial charge in [-0.1, -0.05) is 61.5 Å². The van der Waals surface area contributed by atoms with Crippen LogP contribution in [-0.2, 0) is 25.5 Å². The number of carbonyl (C=O) groups is 3. The third-order valence-electron chi connectivity index (χ3n) is 4.54. The van der Waals surface area contributed by atoms with E-state index in [1.54, 1.807) is 13.8 Å². The molecule has 0 bridgehead atoms. The van der Waals surface area contributed by atoms with Crippen molar-refractivity contribution < 1.29 is 19.1 Å².